The highest BCUT2D eigenvalue weighted by Gasteiger charge is 2.34. The van der Waals surface area contributed by atoms with E-state index in [1.165, 1.54) is 5.56 Å². The highest BCUT2D eigenvalue weighted by atomic mass is 32.2. The molecule has 2 N–H and O–H groups in total. The van der Waals surface area contributed by atoms with Crippen LogP contribution in [0.25, 0.3) is 5.70 Å². The van der Waals surface area contributed by atoms with Crippen molar-refractivity contribution in [3.8, 4) is 6.07 Å². The Morgan fingerprint density at radius 3 is 2.81 bits per heavy atom. The highest BCUT2D eigenvalue weighted by molar-refractivity contribution is 7.90. The lowest BCUT2D eigenvalue weighted by atomic mass is 9.71. The maximum atomic E-state index is 12.2. The van der Waals surface area contributed by atoms with Crippen LogP contribution in [-0.4, -0.2) is 9.19 Å². The van der Waals surface area contributed by atoms with Crippen LogP contribution in [0.4, 0.5) is 0 Å². The second-order valence-corrected chi connectivity index (χ2v) is 8.21. The number of aromatic nitrogens is 1. The van der Waals surface area contributed by atoms with Gasteiger partial charge in [-0.1, -0.05) is 20.8 Å². The number of rotatable bonds is 0. The molecule has 0 radical (unpaired) electrons. The molecule has 21 heavy (non-hydrogen) atoms. The molecule has 4 nitrogen and oxygen atoms in total. The van der Waals surface area contributed by atoms with Gasteiger partial charge in [0.1, 0.15) is 26.8 Å². The van der Waals surface area contributed by atoms with Gasteiger partial charge in [-0.3, -0.25) is 0 Å². The lowest BCUT2D eigenvalue weighted by Gasteiger charge is -2.34. The summed E-state index contributed by atoms with van der Waals surface area (Å²) in [6.45, 7) is 6.79. The second kappa shape index (κ2) is 4.67. The number of fused-ring (bicyclic) bond motifs is 2. The zero-order chi connectivity index (χ0) is 15.4. The van der Waals surface area contributed by atoms with Crippen LogP contribution < -0.4 is 5.73 Å². The summed E-state index contributed by atoms with van der Waals surface area (Å²) in [6.07, 6.45) is 2.98. The molecular formula is C16H19N3OS. The summed E-state index contributed by atoms with van der Waals surface area (Å²) in [7, 11) is -1.51. The molecule has 1 aromatic heterocycles. The van der Waals surface area contributed by atoms with Crippen LogP contribution >= 0.6 is 0 Å². The van der Waals surface area contributed by atoms with Crippen LogP contribution in [0.3, 0.4) is 0 Å². The summed E-state index contributed by atoms with van der Waals surface area (Å²) >= 11 is 0. The van der Waals surface area contributed by atoms with Gasteiger partial charge in [-0.2, -0.15) is 5.26 Å². The Morgan fingerprint density at radius 1 is 1.48 bits per heavy atom. The minimum absolute atomic E-state index is 0.146. The molecule has 3 rings (SSSR count). The summed E-state index contributed by atoms with van der Waals surface area (Å²) in [5, 5.41) is 9.55. The minimum Gasteiger partial charge on any atom is -0.397 e. The molecule has 2 heterocycles. The topological polar surface area (TPSA) is 79.8 Å². The first-order valence-corrected chi connectivity index (χ1v) is 8.32. The predicted octanol–water partition coefficient (Wildman–Crippen LogP) is 2.50. The van der Waals surface area contributed by atoms with Crippen molar-refractivity contribution < 1.29 is 4.21 Å². The van der Waals surface area contributed by atoms with Gasteiger partial charge < -0.3 is 5.73 Å². The lowest BCUT2D eigenvalue weighted by molar-refractivity contribution is 0.214. The number of hydrogen-bond acceptors (Lipinski definition) is 4. The molecule has 0 saturated carbocycles. The Bertz CT molecular complexity index is 722. The molecule has 0 aromatic carbocycles. The van der Waals surface area contributed by atoms with Gasteiger partial charge in [0.2, 0.25) is 0 Å². The standard InChI is InChI=1S/C16H19N3OS/c1-16(2,3)10-4-5-12-9(6-10)7-11-14(18)13(8-17)21(20)15(11)19-12/h7,10H,4-6,18H2,1-3H3. The number of nitrogens with zero attached hydrogens (tertiary/aromatic N) is 2. The van der Waals surface area contributed by atoms with Crippen LogP contribution in [0.1, 0.15) is 44.0 Å². The van der Waals surface area contributed by atoms with Crippen molar-refractivity contribution in [2.24, 2.45) is 17.1 Å². The maximum Gasteiger partial charge on any atom is 0.146 e. The molecule has 1 aromatic rings. The smallest absolute Gasteiger partial charge is 0.146 e. The molecule has 0 spiro atoms. The Kier molecular flexibility index (Phi) is 3.18. The summed E-state index contributed by atoms with van der Waals surface area (Å²) < 4.78 is 12.2. The zero-order valence-electron chi connectivity index (χ0n) is 12.6. The molecule has 0 bridgehead atoms. The molecular weight excluding hydrogens is 282 g/mol. The molecule has 2 unspecified atom stereocenters. The number of pyridine rings is 1. The van der Waals surface area contributed by atoms with Crippen molar-refractivity contribution >= 4 is 16.5 Å². The van der Waals surface area contributed by atoms with Gasteiger partial charge in [-0.05, 0) is 42.2 Å². The van der Waals surface area contributed by atoms with Gasteiger partial charge in [0.25, 0.3) is 0 Å². The van der Waals surface area contributed by atoms with E-state index in [2.05, 4.69) is 25.8 Å². The number of hydrogen-bond donors (Lipinski definition) is 1. The number of aryl methyl sites for hydroxylation is 1. The van der Waals surface area contributed by atoms with E-state index >= 15 is 0 Å². The van der Waals surface area contributed by atoms with E-state index in [0.29, 0.717) is 22.2 Å². The predicted molar refractivity (Wildman–Crippen MR) is 82.3 cm³/mol. The summed E-state index contributed by atoms with van der Waals surface area (Å²) in [4.78, 5) is 4.71. The maximum absolute atomic E-state index is 12.2. The SMILES string of the molecule is CC(C)(C)C1CCc2nc3c(cc2C1)C(N)=C(C#N)S3=O. The van der Waals surface area contributed by atoms with Crippen molar-refractivity contribution in [3.05, 3.63) is 27.8 Å². The van der Waals surface area contributed by atoms with E-state index in [1.54, 1.807) is 0 Å². The van der Waals surface area contributed by atoms with Crippen molar-refractivity contribution in [1.82, 2.24) is 4.98 Å². The average molecular weight is 301 g/mol. The van der Waals surface area contributed by atoms with Crippen molar-refractivity contribution in [1.29, 1.82) is 5.26 Å². The first kappa shape index (κ1) is 14.3. The Morgan fingerprint density at radius 2 is 2.19 bits per heavy atom. The molecule has 0 fully saturated rings. The summed E-state index contributed by atoms with van der Waals surface area (Å²) in [6, 6.07) is 3.96. The van der Waals surface area contributed by atoms with Gasteiger partial charge in [0.05, 0.1) is 5.70 Å². The first-order valence-electron chi connectivity index (χ1n) is 7.17. The summed E-state index contributed by atoms with van der Waals surface area (Å²) in [5.41, 5.74) is 9.47. The fourth-order valence-corrected chi connectivity index (χ4v) is 4.29. The van der Waals surface area contributed by atoms with Crippen molar-refractivity contribution in [2.75, 3.05) is 0 Å². The van der Waals surface area contributed by atoms with E-state index in [1.807, 2.05) is 12.1 Å². The van der Waals surface area contributed by atoms with Crippen molar-refractivity contribution in [2.45, 2.75) is 45.1 Å². The molecule has 110 valence electrons. The average Bonchev–Trinajstić information content (AvgIpc) is 2.66. The highest BCUT2D eigenvalue weighted by Crippen LogP contribution is 2.40. The Hall–Kier alpha value is -1.67. The molecule has 2 aliphatic rings. The quantitative estimate of drug-likeness (QED) is 0.798. The van der Waals surface area contributed by atoms with Gasteiger partial charge in [-0.15, -0.1) is 0 Å². The van der Waals surface area contributed by atoms with Crippen LogP contribution in [-0.2, 0) is 23.6 Å². The normalized spacial score (nSPS) is 24.5. The molecule has 0 amide bonds. The van der Waals surface area contributed by atoms with E-state index in [9.17, 15) is 4.21 Å². The zero-order valence-corrected chi connectivity index (χ0v) is 13.4. The minimum atomic E-state index is -1.51. The number of nitrogens with two attached hydrogens (primary N) is 1. The van der Waals surface area contributed by atoms with Gasteiger partial charge in [-0.25, -0.2) is 9.19 Å². The van der Waals surface area contributed by atoms with E-state index in [4.69, 9.17) is 11.0 Å². The largest absolute Gasteiger partial charge is 0.397 e. The van der Waals surface area contributed by atoms with E-state index in [-0.39, 0.29) is 10.3 Å². The second-order valence-electron chi connectivity index (χ2n) is 6.88. The lowest BCUT2D eigenvalue weighted by Crippen LogP contribution is -2.27. The van der Waals surface area contributed by atoms with Crippen LogP contribution in [0.5, 0.6) is 0 Å². The van der Waals surface area contributed by atoms with Crippen LogP contribution in [0, 0.1) is 22.7 Å². The fourth-order valence-electron chi connectivity index (χ4n) is 3.14. The summed E-state index contributed by atoms with van der Waals surface area (Å²) in [5.74, 6) is 0.609. The number of allylic oxidation sites excluding steroid dienone is 1. The number of nitriles is 1. The third-order valence-electron chi connectivity index (χ3n) is 4.57. The first-order chi connectivity index (χ1) is 9.82. The van der Waals surface area contributed by atoms with Gasteiger partial charge in [0, 0.05) is 11.3 Å². The Balaban J connectivity index is 2.06. The Labute approximate surface area is 127 Å². The van der Waals surface area contributed by atoms with Gasteiger partial charge in [0.15, 0.2) is 0 Å². The van der Waals surface area contributed by atoms with E-state index in [0.717, 1.165) is 25.0 Å². The molecule has 5 heteroatoms. The fraction of sp³-hybridized carbons (Fsp3) is 0.500. The third-order valence-corrected chi connectivity index (χ3v) is 5.92. The van der Waals surface area contributed by atoms with Crippen LogP contribution in [0.15, 0.2) is 16.0 Å². The molecule has 0 saturated heterocycles. The van der Waals surface area contributed by atoms with Crippen LogP contribution in [0.2, 0.25) is 0 Å². The van der Waals surface area contributed by atoms with E-state index < -0.39 is 10.8 Å². The van der Waals surface area contributed by atoms with Gasteiger partial charge >= 0.3 is 0 Å². The molecule has 2 atom stereocenters. The molecule has 1 aliphatic carbocycles. The van der Waals surface area contributed by atoms with Crippen molar-refractivity contribution in [3.63, 3.8) is 0 Å². The monoisotopic (exact) mass is 301 g/mol. The molecule has 1 aliphatic heterocycles. The third kappa shape index (κ3) is 2.18.